The zero-order valence-corrected chi connectivity index (χ0v) is 11.0. The standard InChI is InChI=1S/C13H15ClF3NO/c14-11-2-1-3-12(19)10(11)8-18-6-4-9(5-7-18)13(15,16)17/h1-3,9,19H,4-8H2. The smallest absolute Gasteiger partial charge is 0.391 e. The lowest BCUT2D eigenvalue weighted by molar-refractivity contribution is -0.185. The molecule has 2 nitrogen and oxygen atoms in total. The molecular formula is C13H15ClF3NO. The molecule has 0 aliphatic carbocycles. The minimum Gasteiger partial charge on any atom is -0.508 e. The number of aromatic hydroxyl groups is 1. The van der Waals surface area contributed by atoms with E-state index in [0.29, 0.717) is 30.2 Å². The Bertz CT molecular complexity index is 422. The predicted molar refractivity (Wildman–Crippen MR) is 67.2 cm³/mol. The third-order valence-electron chi connectivity index (χ3n) is 3.53. The first-order chi connectivity index (χ1) is 8.88. The molecule has 1 aromatic rings. The molecule has 106 valence electrons. The van der Waals surface area contributed by atoms with Crippen LogP contribution in [-0.2, 0) is 6.54 Å². The van der Waals surface area contributed by atoms with E-state index in [1.807, 2.05) is 4.90 Å². The summed E-state index contributed by atoms with van der Waals surface area (Å²) in [5.41, 5.74) is 0.578. The fourth-order valence-electron chi connectivity index (χ4n) is 2.35. The summed E-state index contributed by atoms with van der Waals surface area (Å²) in [4.78, 5) is 1.89. The molecule has 0 unspecified atom stereocenters. The molecule has 0 aromatic heterocycles. The van der Waals surface area contributed by atoms with E-state index in [1.54, 1.807) is 12.1 Å². The van der Waals surface area contributed by atoms with Crippen LogP contribution < -0.4 is 0 Å². The minimum absolute atomic E-state index is 0.0884. The van der Waals surface area contributed by atoms with Crippen molar-refractivity contribution in [3.63, 3.8) is 0 Å². The highest BCUT2D eigenvalue weighted by atomic mass is 35.5. The van der Waals surface area contributed by atoms with Gasteiger partial charge in [0.15, 0.2) is 0 Å². The van der Waals surface area contributed by atoms with Crippen molar-refractivity contribution >= 4 is 11.6 Å². The molecule has 0 saturated carbocycles. The molecule has 1 fully saturated rings. The largest absolute Gasteiger partial charge is 0.508 e. The maximum Gasteiger partial charge on any atom is 0.391 e. The number of likely N-dealkylation sites (tertiary alicyclic amines) is 1. The third-order valence-corrected chi connectivity index (χ3v) is 3.88. The number of benzene rings is 1. The Morgan fingerprint density at radius 1 is 1.26 bits per heavy atom. The molecule has 1 aromatic carbocycles. The second-order valence-corrected chi connectivity index (χ2v) is 5.24. The molecule has 6 heteroatoms. The van der Waals surface area contributed by atoms with Crippen LogP contribution in [0.25, 0.3) is 0 Å². The summed E-state index contributed by atoms with van der Waals surface area (Å²) in [6.07, 6.45) is -3.89. The van der Waals surface area contributed by atoms with Gasteiger partial charge >= 0.3 is 6.18 Å². The van der Waals surface area contributed by atoms with E-state index in [9.17, 15) is 18.3 Å². The summed E-state index contributed by atoms with van der Waals surface area (Å²) in [6, 6.07) is 4.83. The van der Waals surface area contributed by atoms with E-state index < -0.39 is 12.1 Å². The molecule has 0 amide bonds. The van der Waals surface area contributed by atoms with Crippen molar-refractivity contribution in [3.05, 3.63) is 28.8 Å². The van der Waals surface area contributed by atoms with Crippen molar-refractivity contribution < 1.29 is 18.3 Å². The van der Waals surface area contributed by atoms with E-state index in [1.165, 1.54) is 6.07 Å². The molecule has 19 heavy (non-hydrogen) atoms. The molecule has 2 rings (SSSR count). The molecule has 1 aliphatic rings. The van der Waals surface area contributed by atoms with Crippen LogP contribution in [0.5, 0.6) is 5.75 Å². The summed E-state index contributed by atoms with van der Waals surface area (Å²) in [5, 5.41) is 10.2. The average Bonchev–Trinajstić information content (AvgIpc) is 2.33. The lowest BCUT2D eigenvalue weighted by Crippen LogP contribution is -2.38. The van der Waals surface area contributed by atoms with Crippen LogP contribution in [0.3, 0.4) is 0 Å². The van der Waals surface area contributed by atoms with Crippen LogP contribution in [0.15, 0.2) is 18.2 Å². The number of alkyl halides is 3. The van der Waals surface area contributed by atoms with Crippen molar-refractivity contribution in [2.24, 2.45) is 5.92 Å². The van der Waals surface area contributed by atoms with E-state index >= 15 is 0 Å². The Hall–Kier alpha value is -0.940. The fraction of sp³-hybridized carbons (Fsp3) is 0.538. The summed E-state index contributed by atoms with van der Waals surface area (Å²) in [5.74, 6) is -1.12. The van der Waals surface area contributed by atoms with Gasteiger partial charge in [0.1, 0.15) is 5.75 Å². The average molecular weight is 294 g/mol. The van der Waals surface area contributed by atoms with Gasteiger partial charge in [0.05, 0.1) is 5.92 Å². The molecule has 0 atom stereocenters. The number of phenols is 1. The molecular weight excluding hydrogens is 279 g/mol. The van der Waals surface area contributed by atoms with Crippen LogP contribution in [0.1, 0.15) is 18.4 Å². The number of hydrogen-bond donors (Lipinski definition) is 1. The van der Waals surface area contributed by atoms with Crippen LogP contribution in [0.4, 0.5) is 13.2 Å². The molecule has 0 bridgehead atoms. The second kappa shape index (κ2) is 5.59. The van der Waals surface area contributed by atoms with Crippen molar-refractivity contribution in [2.45, 2.75) is 25.6 Å². The molecule has 1 saturated heterocycles. The van der Waals surface area contributed by atoms with Gasteiger partial charge in [-0.2, -0.15) is 13.2 Å². The van der Waals surface area contributed by atoms with Gasteiger partial charge in [-0.05, 0) is 38.1 Å². The van der Waals surface area contributed by atoms with Crippen molar-refractivity contribution in [1.82, 2.24) is 4.90 Å². The van der Waals surface area contributed by atoms with Gasteiger partial charge in [0, 0.05) is 17.1 Å². The monoisotopic (exact) mass is 293 g/mol. The molecule has 1 heterocycles. The molecule has 0 radical (unpaired) electrons. The molecule has 1 N–H and O–H groups in total. The third kappa shape index (κ3) is 3.54. The Morgan fingerprint density at radius 2 is 1.89 bits per heavy atom. The van der Waals surface area contributed by atoms with E-state index in [-0.39, 0.29) is 18.6 Å². The first-order valence-corrected chi connectivity index (χ1v) is 6.51. The topological polar surface area (TPSA) is 23.5 Å². The van der Waals surface area contributed by atoms with Gasteiger partial charge in [-0.1, -0.05) is 17.7 Å². The fourth-order valence-corrected chi connectivity index (χ4v) is 2.58. The lowest BCUT2D eigenvalue weighted by Gasteiger charge is -2.33. The van der Waals surface area contributed by atoms with Gasteiger partial charge in [0.25, 0.3) is 0 Å². The highest BCUT2D eigenvalue weighted by Gasteiger charge is 2.41. The predicted octanol–water partition coefficient (Wildman–Crippen LogP) is 3.82. The Kier molecular flexibility index (Phi) is 4.26. The van der Waals surface area contributed by atoms with Crippen LogP contribution in [-0.4, -0.2) is 29.3 Å². The second-order valence-electron chi connectivity index (χ2n) is 4.83. The maximum atomic E-state index is 12.5. The van der Waals surface area contributed by atoms with Gasteiger partial charge < -0.3 is 5.11 Å². The minimum atomic E-state index is -4.10. The van der Waals surface area contributed by atoms with Gasteiger partial charge in [-0.3, -0.25) is 4.90 Å². The Morgan fingerprint density at radius 3 is 2.42 bits per heavy atom. The van der Waals surface area contributed by atoms with Crippen molar-refractivity contribution in [1.29, 1.82) is 0 Å². The van der Waals surface area contributed by atoms with Crippen LogP contribution >= 0.6 is 11.6 Å². The molecule has 0 spiro atoms. The summed E-state index contributed by atoms with van der Waals surface area (Å²) >= 11 is 5.98. The quantitative estimate of drug-likeness (QED) is 0.896. The highest BCUT2D eigenvalue weighted by molar-refractivity contribution is 6.31. The van der Waals surface area contributed by atoms with Gasteiger partial charge in [-0.15, -0.1) is 0 Å². The highest BCUT2D eigenvalue weighted by Crippen LogP contribution is 2.35. The number of hydrogen-bond acceptors (Lipinski definition) is 2. The summed E-state index contributed by atoms with van der Waals surface area (Å²) < 4.78 is 37.6. The first kappa shape index (κ1) is 14.5. The Balaban J connectivity index is 1.96. The number of piperidine rings is 1. The summed E-state index contributed by atoms with van der Waals surface area (Å²) in [6.45, 7) is 1.12. The first-order valence-electron chi connectivity index (χ1n) is 6.13. The number of phenolic OH excluding ortho intramolecular Hbond substituents is 1. The number of nitrogens with zero attached hydrogens (tertiary/aromatic N) is 1. The zero-order chi connectivity index (χ0) is 14.0. The maximum absolute atomic E-state index is 12.5. The SMILES string of the molecule is Oc1cccc(Cl)c1CN1CCC(C(F)(F)F)CC1. The van der Waals surface area contributed by atoms with Gasteiger partial charge in [0.2, 0.25) is 0 Å². The summed E-state index contributed by atoms with van der Waals surface area (Å²) in [7, 11) is 0. The number of rotatable bonds is 2. The van der Waals surface area contributed by atoms with Crippen molar-refractivity contribution in [2.75, 3.05) is 13.1 Å². The van der Waals surface area contributed by atoms with E-state index in [2.05, 4.69) is 0 Å². The van der Waals surface area contributed by atoms with Crippen LogP contribution in [0, 0.1) is 5.92 Å². The van der Waals surface area contributed by atoms with Crippen molar-refractivity contribution in [3.8, 4) is 5.75 Å². The molecule has 1 aliphatic heterocycles. The zero-order valence-electron chi connectivity index (χ0n) is 10.3. The Labute approximate surface area is 114 Å². The van der Waals surface area contributed by atoms with Crippen LogP contribution in [0.2, 0.25) is 5.02 Å². The lowest BCUT2D eigenvalue weighted by atomic mass is 9.96. The van der Waals surface area contributed by atoms with Gasteiger partial charge in [-0.25, -0.2) is 0 Å². The van der Waals surface area contributed by atoms with E-state index in [0.717, 1.165) is 0 Å². The normalized spacial score (nSPS) is 18.7. The van der Waals surface area contributed by atoms with E-state index in [4.69, 9.17) is 11.6 Å². The number of halogens is 4.